The summed E-state index contributed by atoms with van der Waals surface area (Å²) in [5.74, 6) is 2.91. The molecule has 0 aliphatic carbocycles. The van der Waals surface area contributed by atoms with Crippen molar-refractivity contribution < 1.29 is 0 Å². The molecule has 1 aliphatic heterocycles. The lowest BCUT2D eigenvalue weighted by atomic mass is 9.92. The molecule has 3 heterocycles. The summed E-state index contributed by atoms with van der Waals surface area (Å²) >= 11 is 0. The quantitative estimate of drug-likeness (QED) is 0.754. The number of fused-ring (bicyclic) bond motifs is 1. The number of hydrogen-bond acceptors (Lipinski definition) is 5. The van der Waals surface area contributed by atoms with E-state index in [2.05, 4.69) is 61.2 Å². The summed E-state index contributed by atoms with van der Waals surface area (Å²) < 4.78 is 1.82. The van der Waals surface area contributed by atoms with Gasteiger partial charge >= 0.3 is 0 Å². The van der Waals surface area contributed by atoms with Gasteiger partial charge in [-0.05, 0) is 49.3 Å². The first kappa shape index (κ1) is 17.8. The van der Waals surface area contributed by atoms with Gasteiger partial charge in [-0.15, -0.1) is 0 Å². The fourth-order valence-corrected chi connectivity index (χ4v) is 4.07. The van der Waals surface area contributed by atoms with Gasteiger partial charge in [0.1, 0.15) is 5.82 Å². The lowest BCUT2D eigenvalue weighted by molar-refractivity contribution is 0.354. The van der Waals surface area contributed by atoms with Gasteiger partial charge in [-0.3, -0.25) is 4.68 Å². The fourth-order valence-electron chi connectivity index (χ4n) is 4.07. The summed E-state index contributed by atoms with van der Waals surface area (Å²) in [4.78, 5) is 12.1. The van der Waals surface area contributed by atoms with Crippen LogP contribution in [0.3, 0.4) is 0 Å². The van der Waals surface area contributed by atoms with Crippen LogP contribution in [0.15, 0.2) is 24.4 Å². The van der Waals surface area contributed by atoms with Crippen LogP contribution in [0.4, 0.5) is 17.5 Å². The predicted octanol–water partition coefficient (Wildman–Crippen LogP) is 4.21. The fraction of sp³-hybridized carbons (Fsp3) is 0.476. The van der Waals surface area contributed by atoms with E-state index in [4.69, 9.17) is 9.97 Å². The van der Waals surface area contributed by atoms with Crippen LogP contribution >= 0.6 is 0 Å². The Morgan fingerprint density at radius 1 is 1.07 bits per heavy atom. The van der Waals surface area contributed by atoms with Gasteiger partial charge in [0.05, 0.1) is 11.6 Å². The Balaban J connectivity index is 1.78. The van der Waals surface area contributed by atoms with Crippen LogP contribution in [0.5, 0.6) is 0 Å². The minimum atomic E-state index is 0.648. The first-order valence-electron chi connectivity index (χ1n) is 9.69. The summed E-state index contributed by atoms with van der Waals surface area (Å²) in [7, 11) is 1.93. The minimum absolute atomic E-state index is 0.648. The van der Waals surface area contributed by atoms with Crippen molar-refractivity contribution in [3.05, 3.63) is 35.5 Å². The third-order valence-corrected chi connectivity index (χ3v) is 5.38. The molecule has 142 valence electrons. The van der Waals surface area contributed by atoms with Crippen LogP contribution in [0, 0.1) is 25.7 Å². The average molecular weight is 364 g/mol. The molecule has 2 aromatic heterocycles. The molecule has 1 N–H and O–H groups in total. The minimum Gasteiger partial charge on any atom is -0.340 e. The van der Waals surface area contributed by atoms with E-state index in [9.17, 15) is 0 Å². The zero-order valence-electron chi connectivity index (χ0n) is 16.8. The Hall–Kier alpha value is -2.63. The van der Waals surface area contributed by atoms with Crippen LogP contribution in [-0.2, 0) is 7.05 Å². The maximum absolute atomic E-state index is 4.92. The molecule has 0 spiro atoms. The van der Waals surface area contributed by atoms with E-state index in [0.29, 0.717) is 11.8 Å². The number of aryl methyl sites for hydroxylation is 3. The van der Waals surface area contributed by atoms with Crippen LogP contribution < -0.4 is 10.2 Å². The molecule has 6 nitrogen and oxygen atoms in total. The first-order valence-corrected chi connectivity index (χ1v) is 9.69. The van der Waals surface area contributed by atoms with E-state index in [0.717, 1.165) is 41.6 Å². The van der Waals surface area contributed by atoms with Crippen molar-refractivity contribution in [2.24, 2.45) is 18.9 Å². The maximum atomic E-state index is 4.92. The molecule has 1 fully saturated rings. The van der Waals surface area contributed by atoms with E-state index in [-0.39, 0.29) is 0 Å². The second-order valence-corrected chi connectivity index (χ2v) is 8.17. The number of nitrogens with one attached hydrogen (secondary N) is 1. The molecule has 1 aliphatic rings. The van der Waals surface area contributed by atoms with E-state index in [1.54, 1.807) is 0 Å². The second-order valence-electron chi connectivity index (χ2n) is 8.17. The topological polar surface area (TPSA) is 58.9 Å². The molecule has 2 unspecified atom stereocenters. The Bertz CT molecular complexity index is 966. The second kappa shape index (κ2) is 6.83. The van der Waals surface area contributed by atoms with Crippen molar-refractivity contribution in [2.45, 2.75) is 34.1 Å². The molecule has 2 atom stereocenters. The van der Waals surface area contributed by atoms with Crippen molar-refractivity contribution in [2.75, 3.05) is 23.3 Å². The molecule has 6 heteroatoms. The highest BCUT2D eigenvalue weighted by molar-refractivity contribution is 5.89. The van der Waals surface area contributed by atoms with Gasteiger partial charge in [0, 0.05) is 25.8 Å². The Morgan fingerprint density at radius 3 is 2.56 bits per heavy atom. The van der Waals surface area contributed by atoms with E-state index in [1.165, 1.54) is 17.5 Å². The van der Waals surface area contributed by atoms with E-state index in [1.807, 2.05) is 17.9 Å². The molecular formula is C21H28N6. The van der Waals surface area contributed by atoms with Gasteiger partial charge in [0.25, 0.3) is 0 Å². The molecule has 1 aromatic carbocycles. The normalized spacial score (nSPS) is 20.3. The summed E-state index contributed by atoms with van der Waals surface area (Å²) in [5, 5.41) is 8.89. The van der Waals surface area contributed by atoms with Crippen molar-refractivity contribution in [1.82, 2.24) is 19.7 Å². The van der Waals surface area contributed by atoms with Crippen LogP contribution in [0.2, 0.25) is 0 Å². The molecule has 0 radical (unpaired) electrons. The van der Waals surface area contributed by atoms with E-state index >= 15 is 0 Å². The SMILES string of the molecule is Cc1ccc(C)c(Nc2nc(N3CC(C)CC(C)C3)nc3c2cnn3C)c1. The molecule has 3 aromatic rings. The van der Waals surface area contributed by atoms with Crippen LogP contribution in [0.1, 0.15) is 31.4 Å². The summed E-state index contributed by atoms with van der Waals surface area (Å²) in [6.45, 7) is 10.8. The highest BCUT2D eigenvalue weighted by Crippen LogP contribution is 2.30. The average Bonchev–Trinajstić information content (AvgIpc) is 2.99. The largest absolute Gasteiger partial charge is 0.340 e. The third-order valence-electron chi connectivity index (χ3n) is 5.38. The van der Waals surface area contributed by atoms with Crippen molar-refractivity contribution in [1.29, 1.82) is 0 Å². The zero-order chi connectivity index (χ0) is 19.1. The molecule has 0 bridgehead atoms. The highest BCUT2D eigenvalue weighted by atomic mass is 15.3. The summed E-state index contributed by atoms with van der Waals surface area (Å²) in [6.07, 6.45) is 3.10. The molecular weight excluding hydrogens is 336 g/mol. The Morgan fingerprint density at radius 2 is 1.81 bits per heavy atom. The number of aromatic nitrogens is 4. The van der Waals surface area contributed by atoms with Gasteiger partial charge in [-0.25, -0.2) is 0 Å². The van der Waals surface area contributed by atoms with Gasteiger partial charge in [0.15, 0.2) is 5.65 Å². The third kappa shape index (κ3) is 3.48. The number of piperidine rings is 1. The first-order chi connectivity index (χ1) is 12.9. The van der Waals surface area contributed by atoms with Crippen molar-refractivity contribution in [3.63, 3.8) is 0 Å². The monoisotopic (exact) mass is 364 g/mol. The highest BCUT2D eigenvalue weighted by Gasteiger charge is 2.25. The standard InChI is InChI=1S/C21H28N6/c1-13-6-7-16(4)18(9-13)23-19-17-10-22-26(5)20(17)25-21(24-19)27-11-14(2)8-15(3)12-27/h6-7,9-10,14-15H,8,11-12H2,1-5H3,(H,23,24,25). The van der Waals surface area contributed by atoms with Gasteiger partial charge in [-0.2, -0.15) is 15.1 Å². The molecule has 4 rings (SSSR count). The molecule has 27 heavy (non-hydrogen) atoms. The predicted molar refractivity (Wildman–Crippen MR) is 111 cm³/mol. The number of benzene rings is 1. The summed E-state index contributed by atoms with van der Waals surface area (Å²) in [5.41, 5.74) is 4.35. The number of rotatable bonds is 3. The summed E-state index contributed by atoms with van der Waals surface area (Å²) in [6, 6.07) is 6.42. The number of hydrogen-bond donors (Lipinski definition) is 1. The van der Waals surface area contributed by atoms with Crippen molar-refractivity contribution in [3.8, 4) is 0 Å². The Labute approximate surface area is 160 Å². The van der Waals surface area contributed by atoms with Gasteiger partial charge in [0.2, 0.25) is 5.95 Å². The van der Waals surface area contributed by atoms with Gasteiger partial charge in [-0.1, -0.05) is 26.0 Å². The Kier molecular flexibility index (Phi) is 4.50. The number of nitrogens with zero attached hydrogens (tertiary/aromatic N) is 5. The maximum Gasteiger partial charge on any atom is 0.229 e. The van der Waals surface area contributed by atoms with E-state index < -0.39 is 0 Å². The van der Waals surface area contributed by atoms with Crippen molar-refractivity contribution >= 4 is 28.5 Å². The molecule has 0 amide bonds. The zero-order valence-corrected chi connectivity index (χ0v) is 16.8. The lowest BCUT2D eigenvalue weighted by Gasteiger charge is -2.35. The van der Waals surface area contributed by atoms with Crippen LogP contribution in [0.25, 0.3) is 11.0 Å². The van der Waals surface area contributed by atoms with Gasteiger partial charge < -0.3 is 10.2 Å². The smallest absolute Gasteiger partial charge is 0.229 e. The lowest BCUT2D eigenvalue weighted by Crippen LogP contribution is -2.39. The molecule has 1 saturated heterocycles. The number of anilines is 3. The van der Waals surface area contributed by atoms with Crippen LogP contribution in [-0.4, -0.2) is 32.8 Å². The molecule has 0 saturated carbocycles.